The molecular formula is C16H14ClNO. The fraction of sp³-hybridized carbons (Fsp3) is 0.188. The van der Waals surface area contributed by atoms with Gasteiger partial charge in [-0.2, -0.15) is 5.26 Å². The van der Waals surface area contributed by atoms with Crippen LogP contribution in [0.2, 0.25) is 5.02 Å². The third-order valence-corrected chi connectivity index (χ3v) is 3.31. The number of halogens is 1. The van der Waals surface area contributed by atoms with E-state index in [1.807, 2.05) is 38.1 Å². The van der Waals surface area contributed by atoms with Gasteiger partial charge >= 0.3 is 0 Å². The quantitative estimate of drug-likeness (QED) is 0.828. The van der Waals surface area contributed by atoms with Gasteiger partial charge in [0.1, 0.15) is 12.4 Å². The average Bonchev–Trinajstić information content (AvgIpc) is 2.39. The van der Waals surface area contributed by atoms with Crippen molar-refractivity contribution in [2.45, 2.75) is 20.5 Å². The molecule has 0 bridgehead atoms. The first kappa shape index (κ1) is 13.5. The van der Waals surface area contributed by atoms with Crippen LogP contribution in [0.15, 0.2) is 36.4 Å². The SMILES string of the molecule is Cc1cccc(C)c1OCc1ccc(C#N)cc1Cl. The highest BCUT2D eigenvalue weighted by Crippen LogP contribution is 2.25. The van der Waals surface area contributed by atoms with E-state index in [-0.39, 0.29) is 0 Å². The standard InChI is InChI=1S/C16H14ClNO/c1-11-4-3-5-12(2)16(11)19-10-14-7-6-13(9-18)8-15(14)17/h3-8H,10H2,1-2H3. The molecule has 2 aromatic rings. The summed E-state index contributed by atoms with van der Waals surface area (Å²) in [6, 6.07) is 13.3. The molecule has 0 saturated heterocycles. The third-order valence-electron chi connectivity index (χ3n) is 2.96. The number of para-hydroxylation sites is 1. The van der Waals surface area contributed by atoms with E-state index in [1.54, 1.807) is 12.1 Å². The molecule has 2 aromatic carbocycles. The molecule has 0 N–H and O–H groups in total. The van der Waals surface area contributed by atoms with Crippen LogP contribution in [0.4, 0.5) is 0 Å². The minimum Gasteiger partial charge on any atom is -0.488 e. The molecule has 0 radical (unpaired) electrons. The van der Waals surface area contributed by atoms with Gasteiger partial charge in [0.05, 0.1) is 11.6 Å². The van der Waals surface area contributed by atoms with Gasteiger partial charge in [-0.3, -0.25) is 0 Å². The number of benzene rings is 2. The monoisotopic (exact) mass is 271 g/mol. The number of ether oxygens (including phenoxy) is 1. The predicted octanol–water partition coefficient (Wildman–Crippen LogP) is 4.41. The zero-order valence-corrected chi connectivity index (χ0v) is 11.7. The van der Waals surface area contributed by atoms with E-state index in [0.29, 0.717) is 17.2 Å². The predicted molar refractivity (Wildman–Crippen MR) is 76.4 cm³/mol. The second-order valence-corrected chi connectivity index (χ2v) is 4.83. The van der Waals surface area contributed by atoms with Gasteiger partial charge in [-0.15, -0.1) is 0 Å². The van der Waals surface area contributed by atoms with Crippen molar-refractivity contribution in [2.24, 2.45) is 0 Å². The van der Waals surface area contributed by atoms with E-state index in [0.717, 1.165) is 22.4 Å². The molecule has 3 heteroatoms. The zero-order valence-electron chi connectivity index (χ0n) is 10.9. The van der Waals surface area contributed by atoms with Gasteiger partial charge in [-0.1, -0.05) is 35.9 Å². The first-order chi connectivity index (χ1) is 9.11. The topological polar surface area (TPSA) is 33.0 Å². The van der Waals surface area contributed by atoms with Crippen LogP contribution in [-0.2, 0) is 6.61 Å². The van der Waals surface area contributed by atoms with Gasteiger partial charge in [-0.05, 0) is 37.1 Å². The molecule has 96 valence electrons. The van der Waals surface area contributed by atoms with Crippen LogP contribution in [0.5, 0.6) is 5.75 Å². The molecule has 0 atom stereocenters. The summed E-state index contributed by atoms with van der Waals surface area (Å²) >= 11 is 6.12. The maximum Gasteiger partial charge on any atom is 0.125 e. The number of hydrogen-bond donors (Lipinski definition) is 0. The molecule has 0 aromatic heterocycles. The highest BCUT2D eigenvalue weighted by Gasteiger charge is 2.06. The van der Waals surface area contributed by atoms with Crippen molar-refractivity contribution in [3.05, 3.63) is 63.7 Å². The van der Waals surface area contributed by atoms with E-state index < -0.39 is 0 Å². The summed E-state index contributed by atoms with van der Waals surface area (Å²) in [6.45, 7) is 4.43. The van der Waals surface area contributed by atoms with E-state index in [9.17, 15) is 0 Å². The number of nitriles is 1. The van der Waals surface area contributed by atoms with E-state index in [4.69, 9.17) is 21.6 Å². The molecule has 19 heavy (non-hydrogen) atoms. The van der Waals surface area contributed by atoms with Crippen molar-refractivity contribution >= 4 is 11.6 Å². The Balaban J connectivity index is 2.17. The second kappa shape index (κ2) is 5.77. The maximum absolute atomic E-state index is 8.79. The first-order valence-corrected chi connectivity index (χ1v) is 6.37. The lowest BCUT2D eigenvalue weighted by atomic mass is 10.1. The van der Waals surface area contributed by atoms with Crippen molar-refractivity contribution in [1.82, 2.24) is 0 Å². The fourth-order valence-corrected chi connectivity index (χ4v) is 2.15. The number of aryl methyl sites for hydroxylation is 2. The lowest BCUT2D eigenvalue weighted by Gasteiger charge is -2.12. The Morgan fingerprint density at radius 1 is 1.16 bits per heavy atom. The smallest absolute Gasteiger partial charge is 0.125 e. The summed E-state index contributed by atoms with van der Waals surface area (Å²) < 4.78 is 5.84. The Hall–Kier alpha value is -1.98. The van der Waals surface area contributed by atoms with Gasteiger partial charge in [-0.25, -0.2) is 0 Å². The molecule has 2 nitrogen and oxygen atoms in total. The molecule has 0 aliphatic rings. The molecule has 0 heterocycles. The Bertz CT molecular complexity index is 623. The first-order valence-electron chi connectivity index (χ1n) is 5.99. The summed E-state index contributed by atoms with van der Waals surface area (Å²) in [4.78, 5) is 0. The highest BCUT2D eigenvalue weighted by molar-refractivity contribution is 6.31. The van der Waals surface area contributed by atoms with Crippen LogP contribution in [0, 0.1) is 25.2 Å². The molecule has 0 saturated carbocycles. The molecule has 0 unspecified atom stereocenters. The summed E-state index contributed by atoms with van der Waals surface area (Å²) in [7, 11) is 0. The number of rotatable bonds is 3. The average molecular weight is 272 g/mol. The molecule has 2 rings (SSSR count). The molecule has 0 fully saturated rings. The number of hydrogen-bond acceptors (Lipinski definition) is 2. The highest BCUT2D eigenvalue weighted by atomic mass is 35.5. The summed E-state index contributed by atoms with van der Waals surface area (Å²) in [5.74, 6) is 0.892. The van der Waals surface area contributed by atoms with Crippen LogP contribution < -0.4 is 4.74 Å². The number of nitrogens with zero attached hydrogens (tertiary/aromatic N) is 1. The van der Waals surface area contributed by atoms with Crippen molar-refractivity contribution < 1.29 is 4.74 Å². The van der Waals surface area contributed by atoms with Gasteiger partial charge in [0.2, 0.25) is 0 Å². The van der Waals surface area contributed by atoms with Gasteiger partial charge in [0.25, 0.3) is 0 Å². The van der Waals surface area contributed by atoms with E-state index in [1.165, 1.54) is 0 Å². The largest absolute Gasteiger partial charge is 0.488 e. The van der Waals surface area contributed by atoms with Crippen molar-refractivity contribution in [2.75, 3.05) is 0 Å². The Morgan fingerprint density at radius 3 is 2.42 bits per heavy atom. The molecule has 0 aliphatic carbocycles. The third kappa shape index (κ3) is 3.07. The van der Waals surface area contributed by atoms with Gasteiger partial charge in [0, 0.05) is 10.6 Å². The minimum absolute atomic E-state index is 0.399. The van der Waals surface area contributed by atoms with E-state index >= 15 is 0 Å². The molecule has 0 amide bonds. The fourth-order valence-electron chi connectivity index (χ4n) is 1.91. The molecule has 0 aliphatic heterocycles. The summed E-state index contributed by atoms with van der Waals surface area (Å²) in [5.41, 5.74) is 3.64. The van der Waals surface area contributed by atoms with Crippen LogP contribution in [0.1, 0.15) is 22.3 Å². The second-order valence-electron chi connectivity index (χ2n) is 4.43. The van der Waals surface area contributed by atoms with Gasteiger partial charge < -0.3 is 4.74 Å². The Kier molecular flexibility index (Phi) is 4.09. The molecular weight excluding hydrogens is 258 g/mol. The van der Waals surface area contributed by atoms with Crippen LogP contribution in [0.25, 0.3) is 0 Å². The summed E-state index contributed by atoms with van der Waals surface area (Å²) in [5, 5.41) is 9.35. The van der Waals surface area contributed by atoms with Crippen molar-refractivity contribution in [3.8, 4) is 11.8 Å². The van der Waals surface area contributed by atoms with E-state index in [2.05, 4.69) is 6.07 Å². The van der Waals surface area contributed by atoms with Crippen LogP contribution >= 0.6 is 11.6 Å². The zero-order chi connectivity index (χ0) is 13.8. The maximum atomic E-state index is 8.79. The minimum atomic E-state index is 0.399. The lowest BCUT2D eigenvalue weighted by Crippen LogP contribution is -1.99. The van der Waals surface area contributed by atoms with Gasteiger partial charge in [0.15, 0.2) is 0 Å². The lowest BCUT2D eigenvalue weighted by molar-refractivity contribution is 0.302. The Morgan fingerprint density at radius 2 is 1.84 bits per heavy atom. The van der Waals surface area contributed by atoms with Crippen molar-refractivity contribution in [1.29, 1.82) is 5.26 Å². The molecule has 0 spiro atoms. The Labute approximate surface area is 118 Å². The normalized spacial score (nSPS) is 10.0. The van der Waals surface area contributed by atoms with Crippen LogP contribution in [0.3, 0.4) is 0 Å². The van der Waals surface area contributed by atoms with Crippen molar-refractivity contribution in [3.63, 3.8) is 0 Å². The van der Waals surface area contributed by atoms with Crippen LogP contribution in [-0.4, -0.2) is 0 Å². The summed E-state index contributed by atoms with van der Waals surface area (Å²) in [6.07, 6.45) is 0.